The summed E-state index contributed by atoms with van der Waals surface area (Å²) >= 11 is 0. The first kappa shape index (κ1) is 12.1. The van der Waals surface area contributed by atoms with E-state index in [2.05, 4.69) is 11.4 Å². The number of nitrogens with zero attached hydrogens (tertiary/aromatic N) is 1. The fourth-order valence-electron chi connectivity index (χ4n) is 1.52. The lowest BCUT2D eigenvalue weighted by atomic mass is 10.1. The Kier molecular flexibility index (Phi) is 3.90. The zero-order chi connectivity index (χ0) is 12.1. The lowest BCUT2D eigenvalue weighted by Crippen LogP contribution is -2.23. The molecule has 1 aromatic carbocycles. The zero-order valence-corrected chi connectivity index (χ0v) is 9.45. The van der Waals surface area contributed by atoms with E-state index >= 15 is 0 Å². The van der Waals surface area contributed by atoms with Gasteiger partial charge in [0.1, 0.15) is 0 Å². The minimum absolute atomic E-state index is 0.00941. The number of hydrogen-bond donors (Lipinski definition) is 2. The molecule has 0 aliphatic rings. The Labute approximate surface area is 95.1 Å². The van der Waals surface area contributed by atoms with Crippen LogP contribution in [0.15, 0.2) is 18.2 Å². The van der Waals surface area contributed by atoms with Crippen LogP contribution in [0.3, 0.4) is 0 Å². The molecule has 4 heteroatoms. The fraction of sp³-hybridized carbons (Fsp3) is 0.333. The van der Waals surface area contributed by atoms with Crippen LogP contribution in [0.2, 0.25) is 0 Å². The molecule has 84 valence electrons. The van der Waals surface area contributed by atoms with Gasteiger partial charge in [-0.15, -0.1) is 0 Å². The molecule has 1 rings (SSSR count). The number of nitrogens with two attached hydrogens (primary N) is 1. The van der Waals surface area contributed by atoms with Gasteiger partial charge in [-0.1, -0.05) is 0 Å². The molecule has 0 saturated carbocycles. The van der Waals surface area contributed by atoms with Crippen LogP contribution < -0.4 is 11.1 Å². The number of rotatable bonds is 4. The highest BCUT2D eigenvalue weighted by molar-refractivity contribution is 5.74. The first-order valence-corrected chi connectivity index (χ1v) is 5.08. The summed E-state index contributed by atoms with van der Waals surface area (Å²) in [5.74, 6) is -0.328. The predicted octanol–water partition coefficient (Wildman–Crippen LogP) is 1.54. The first-order valence-electron chi connectivity index (χ1n) is 5.08. The topological polar surface area (TPSA) is 78.9 Å². The maximum absolute atomic E-state index is 10.7. The van der Waals surface area contributed by atoms with Crippen molar-refractivity contribution in [3.8, 4) is 6.07 Å². The number of carbonyl (C=O) groups is 1. The number of amides is 1. The fourth-order valence-corrected chi connectivity index (χ4v) is 1.52. The highest BCUT2D eigenvalue weighted by Gasteiger charge is 2.06. The first-order chi connectivity index (χ1) is 7.52. The Bertz CT molecular complexity index is 434. The van der Waals surface area contributed by atoms with Gasteiger partial charge < -0.3 is 11.1 Å². The molecule has 0 fully saturated rings. The van der Waals surface area contributed by atoms with Crippen molar-refractivity contribution in [2.75, 3.05) is 5.32 Å². The number of nitriles is 1. The van der Waals surface area contributed by atoms with Crippen molar-refractivity contribution in [1.29, 1.82) is 5.26 Å². The normalized spacial score (nSPS) is 11.6. The van der Waals surface area contributed by atoms with Gasteiger partial charge in [-0.2, -0.15) is 5.26 Å². The minimum atomic E-state index is -0.328. The summed E-state index contributed by atoms with van der Waals surface area (Å²) < 4.78 is 0. The molecule has 3 N–H and O–H groups in total. The van der Waals surface area contributed by atoms with Crippen LogP contribution in [0.1, 0.15) is 24.5 Å². The lowest BCUT2D eigenvalue weighted by molar-refractivity contribution is -0.118. The standard InChI is InChI=1S/C12H15N3O/c1-8-5-11(4-3-10(8)7-13)15-9(2)6-12(14)16/h3-5,9,15H,6H2,1-2H3,(H2,14,16). The third-order valence-electron chi connectivity index (χ3n) is 2.27. The van der Waals surface area contributed by atoms with Crippen LogP contribution in [0.4, 0.5) is 5.69 Å². The molecule has 4 nitrogen and oxygen atoms in total. The van der Waals surface area contributed by atoms with E-state index in [-0.39, 0.29) is 11.9 Å². The molecule has 0 aliphatic heterocycles. The molecule has 1 atom stereocenters. The Morgan fingerprint density at radius 1 is 1.62 bits per heavy atom. The average molecular weight is 217 g/mol. The quantitative estimate of drug-likeness (QED) is 0.803. The molecule has 1 amide bonds. The van der Waals surface area contributed by atoms with E-state index in [1.807, 2.05) is 26.0 Å². The molecule has 0 radical (unpaired) electrons. The number of primary amides is 1. The van der Waals surface area contributed by atoms with Crippen molar-refractivity contribution >= 4 is 11.6 Å². The van der Waals surface area contributed by atoms with Gasteiger partial charge in [-0.25, -0.2) is 0 Å². The van der Waals surface area contributed by atoms with Gasteiger partial charge in [0, 0.05) is 18.2 Å². The summed E-state index contributed by atoms with van der Waals surface area (Å²) in [6.45, 7) is 3.76. The van der Waals surface area contributed by atoms with E-state index in [9.17, 15) is 4.79 Å². The van der Waals surface area contributed by atoms with Crippen LogP contribution in [0, 0.1) is 18.3 Å². The highest BCUT2D eigenvalue weighted by Crippen LogP contribution is 2.15. The van der Waals surface area contributed by atoms with Gasteiger partial charge >= 0.3 is 0 Å². The summed E-state index contributed by atoms with van der Waals surface area (Å²) in [6, 6.07) is 7.56. The molecule has 0 saturated heterocycles. The van der Waals surface area contributed by atoms with E-state index < -0.39 is 0 Å². The van der Waals surface area contributed by atoms with Crippen LogP contribution in [0.25, 0.3) is 0 Å². The number of anilines is 1. The largest absolute Gasteiger partial charge is 0.382 e. The van der Waals surface area contributed by atoms with Crippen LogP contribution >= 0.6 is 0 Å². The van der Waals surface area contributed by atoms with E-state index in [1.165, 1.54) is 0 Å². The van der Waals surface area contributed by atoms with Crippen molar-refractivity contribution < 1.29 is 4.79 Å². The number of hydrogen-bond acceptors (Lipinski definition) is 3. The van der Waals surface area contributed by atoms with Crippen molar-refractivity contribution in [2.45, 2.75) is 26.3 Å². The van der Waals surface area contributed by atoms with Crippen LogP contribution in [-0.2, 0) is 4.79 Å². The lowest BCUT2D eigenvalue weighted by Gasteiger charge is -2.14. The monoisotopic (exact) mass is 217 g/mol. The number of aryl methyl sites for hydroxylation is 1. The van der Waals surface area contributed by atoms with Gasteiger partial charge in [-0.3, -0.25) is 4.79 Å². The molecule has 0 aromatic heterocycles. The van der Waals surface area contributed by atoms with Crippen LogP contribution in [-0.4, -0.2) is 11.9 Å². The van der Waals surface area contributed by atoms with E-state index in [4.69, 9.17) is 11.0 Å². The maximum Gasteiger partial charge on any atom is 0.219 e. The average Bonchev–Trinajstić information content (AvgIpc) is 2.16. The number of benzene rings is 1. The molecule has 0 bridgehead atoms. The van der Waals surface area contributed by atoms with Crippen molar-refractivity contribution in [3.05, 3.63) is 29.3 Å². The third kappa shape index (κ3) is 3.28. The van der Waals surface area contributed by atoms with E-state index in [1.54, 1.807) is 6.07 Å². The minimum Gasteiger partial charge on any atom is -0.382 e. The third-order valence-corrected chi connectivity index (χ3v) is 2.27. The molecule has 16 heavy (non-hydrogen) atoms. The second kappa shape index (κ2) is 5.17. The molecule has 1 aromatic rings. The van der Waals surface area contributed by atoms with Gasteiger partial charge in [0.2, 0.25) is 5.91 Å². The Morgan fingerprint density at radius 2 is 2.31 bits per heavy atom. The van der Waals surface area contributed by atoms with Gasteiger partial charge in [-0.05, 0) is 37.6 Å². The number of nitrogens with one attached hydrogen (secondary N) is 1. The van der Waals surface area contributed by atoms with E-state index in [0.29, 0.717) is 12.0 Å². The Morgan fingerprint density at radius 3 is 2.81 bits per heavy atom. The second-order valence-corrected chi connectivity index (χ2v) is 3.86. The molecular weight excluding hydrogens is 202 g/mol. The Balaban J connectivity index is 2.72. The molecular formula is C12H15N3O. The zero-order valence-electron chi connectivity index (χ0n) is 9.45. The summed E-state index contributed by atoms with van der Waals surface area (Å²) in [7, 11) is 0. The highest BCUT2D eigenvalue weighted by atomic mass is 16.1. The summed E-state index contributed by atoms with van der Waals surface area (Å²) in [6.07, 6.45) is 0.291. The molecule has 0 aliphatic carbocycles. The van der Waals surface area contributed by atoms with Gasteiger partial charge in [0.15, 0.2) is 0 Å². The molecule has 1 unspecified atom stereocenters. The second-order valence-electron chi connectivity index (χ2n) is 3.86. The van der Waals surface area contributed by atoms with Gasteiger partial charge in [0.05, 0.1) is 11.6 Å². The summed E-state index contributed by atoms with van der Waals surface area (Å²) in [5, 5.41) is 11.9. The van der Waals surface area contributed by atoms with Crippen molar-refractivity contribution in [1.82, 2.24) is 0 Å². The maximum atomic E-state index is 10.7. The van der Waals surface area contributed by atoms with Crippen LogP contribution in [0.5, 0.6) is 0 Å². The number of carbonyl (C=O) groups excluding carboxylic acids is 1. The van der Waals surface area contributed by atoms with E-state index in [0.717, 1.165) is 11.3 Å². The smallest absolute Gasteiger partial charge is 0.219 e. The SMILES string of the molecule is Cc1cc(NC(C)CC(N)=O)ccc1C#N. The predicted molar refractivity (Wildman–Crippen MR) is 62.8 cm³/mol. The Hall–Kier alpha value is -2.02. The summed E-state index contributed by atoms with van der Waals surface area (Å²) in [4.78, 5) is 10.7. The molecule has 0 spiro atoms. The summed E-state index contributed by atoms with van der Waals surface area (Å²) in [5.41, 5.74) is 7.57. The van der Waals surface area contributed by atoms with Gasteiger partial charge in [0.25, 0.3) is 0 Å². The van der Waals surface area contributed by atoms with Crippen molar-refractivity contribution in [2.24, 2.45) is 5.73 Å². The van der Waals surface area contributed by atoms with Crippen molar-refractivity contribution in [3.63, 3.8) is 0 Å². The molecule has 0 heterocycles.